The van der Waals surface area contributed by atoms with E-state index < -0.39 is 5.41 Å². The lowest BCUT2D eigenvalue weighted by Crippen LogP contribution is -2.19. The number of aromatic nitrogens is 1. The average molecular weight is 169 g/mol. The monoisotopic (exact) mass is 169 g/mol. The Hall–Kier alpha value is -2.00. The van der Waals surface area contributed by atoms with Crippen molar-refractivity contribution in [3.05, 3.63) is 29.6 Å². The summed E-state index contributed by atoms with van der Waals surface area (Å²) in [4.78, 5) is 3.04. The number of nitrogens with zero attached hydrogens (tertiary/aromatic N) is 2. The van der Waals surface area contributed by atoms with E-state index in [-0.39, 0.29) is 0 Å². The summed E-state index contributed by atoms with van der Waals surface area (Å²) in [5, 5.41) is 17.7. The Balaban J connectivity index is 2.48. The Morgan fingerprint density at radius 3 is 2.85 bits per heavy atom. The molecule has 0 spiro atoms. The van der Waals surface area contributed by atoms with Gasteiger partial charge in [0.1, 0.15) is 0 Å². The highest BCUT2D eigenvalue weighted by molar-refractivity contribution is 5.57. The zero-order chi connectivity index (χ0) is 9.31. The zero-order valence-corrected chi connectivity index (χ0v) is 6.91. The predicted molar refractivity (Wildman–Crippen MR) is 47.2 cm³/mol. The Kier molecular flexibility index (Phi) is 1.47. The number of hydrogen-bond donors (Lipinski definition) is 1. The molecule has 0 bridgehead atoms. The first-order valence-electron chi connectivity index (χ1n) is 3.98. The Morgan fingerprint density at radius 1 is 1.38 bits per heavy atom. The van der Waals surface area contributed by atoms with Crippen molar-refractivity contribution < 1.29 is 0 Å². The first kappa shape index (κ1) is 7.64. The molecule has 0 atom stereocenters. The largest absolute Gasteiger partial charge is 0.361 e. The quantitative estimate of drug-likeness (QED) is 0.641. The first-order chi connectivity index (χ1) is 6.29. The Morgan fingerprint density at radius 2 is 2.15 bits per heavy atom. The Bertz CT molecular complexity index is 425. The van der Waals surface area contributed by atoms with E-state index in [1.54, 1.807) is 12.2 Å². The second-order valence-corrected chi connectivity index (χ2v) is 3.12. The fourth-order valence-electron chi connectivity index (χ4n) is 1.49. The van der Waals surface area contributed by atoms with E-state index in [4.69, 9.17) is 10.5 Å². The van der Waals surface area contributed by atoms with Crippen molar-refractivity contribution in [2.24, 2.45) is 5.41 Å². The number of nitrogens with one attached hydrogen (secondary N) is 1. The molecular formula is C10H7N3. The van der Waals surface area contributed by atoms with Crippen molar-refractivity contribution in [3.63, 3.8) is 0 Å². The lowest BCUT2D eigenvalue weighted by Gasteiger charge is -2.17. The third-order valence-corrected chi connectivity index (χ3v) is 2.27. The number of H-pyrrole nitrogens is 1. The molecular weight excluding hydrogens is 162 g/mol. The smallest absolute Gasteiger partial charge is 0.166 e. The molecule has 0 fully saturated rings. The summed E-state index contributed by atoms with van der Waals surface area (Å²) in [6, 6.07) is 5.98. The van der Waals surface area contributed by atoms with Crippen molar-refractivity contribution in [1.82, 2.24) is 4.98 Å². The average Bonchev–Trinajstić information content (AvgIpc) is 2.64. The van der Waals surface area contributed by atoms with Crippen molar-refractivity contribution >= 4 is 6.08 Å². The van der Waals surface area contributed by atoms with Crippen LogP contribution in [0.5, 0.6) is 0 Å². The fourth-order valence-corrected chi connectivity index (χ4v) is 1.49. The molecule has 0 saturated carbocycles. The van der Waals surface area contributed by atoms with E-state index in [1.807, 2.05) is 24.4 Å². The van der Waals surface area contributed by atoms with Crippen LogP contribution in [-0.2, 0) is 6.42 Å². The van der Waals surface area contributed by atoms with Crippen LogP contribution in [0.15, 0.2) is 18.3 Å². The van der Waals surface area contributed by atoms with Crippen LogP contribution in [-0.4, -0.2) is 4.98 Å². The van der Waals surface area contributed by atoms with E-state index in [0.717, 1.165) is 11.3 Å². The topological polar surface area (TPSA) is 63.4 Å². The highest BCUT2D eigenvalue weighted by Crippen LogP contribution is 2.30. The van der Waals surface area contributed by atoms with Crippen molar-refractivity contribution in [1.29, 1.82) is 10.5 Å². The van der Waals surface area contributed by atoms with Gasteiger partial charge in [-0.05, 0) is 23.8 Å². The molecule has 3 nitrogen and oxygen atoms in total. The second kappa shape index (κ2) is 2.50. The van der Waals surface area contributed by atoms with Gasteiger partial charge >= 0.3 is 0 Å². The summed E-state index contributed by atoms with van der Waals surface area (Å²) in [5.74, 6) is 0. The molecule has 0 aliphatic heterocycles. The molecule has 1 heterocycles. The summed E-state index contributed by atoms with van der Waals surface area (Å²) in [6.07, 6.45) is 5.76. The highest BCUT2D eigenvalue weighted by Gasteiger charge is 2.31. The molecule has 0 radical (unpaired) electrons. The second-order valence-electron chi connectivity index (χ2n) is 3.12. The molecule has 1 N–H and O–H groups in total. The van der Waals surface area contributed by atoms with Gasteiger partial charge in [-0.15, -0.1) is 0 Å². The molecule has 0 saturated heterocycles. The van der Waals surface area contributed by atoms with Crippen LogP contribution in [0.3, 0.4) is 0 Å². The van der Waals surface area contributed by atoms with E-state index in [2.05, 4.69) is 4.98 Å². The minimum Gasteiger partial charge on any atom is -0.361 e. The molecule has 3 heteroatoms. The fraction of sp³-hybridized carbons (Fsp3) is 0.200. The highest BCUT2D eigenvalue weighted by atomic mass is 14.7. The third-order valence-electron chi connectivity index (χ3n) is 2.27. The molecule has 0 aromatic carbocycles. The minimum atomic E-state index is -0.963. The zero-order valence-electron chi connectivity index (χ0n) is 6.91. The molecule has 13 heavy (non-hydrogen) atoms. The maximum Gasteiger partial charge on any atom is 0.166 e. The van der Waals surface area contributed by atoms with Gasteiger partial charge in [0, 0.05) is 18.3 Å². The Labute approximate surface area is 75.9 Å². The third kappa shape index (κ3) is 1.02. The summed E-state index contributed by atoms with van der Waals surface area (Å²) >= 11 is 0. The summed E-state index contributed by atoms with van der Waals surface area (Å²) in [6.45, 7) is 0. The van der Waals surface area contributed by atoms with E-state index in [0.29, 0.717) is 6.42 Å². The van der Waals surface area contributed by atoms with Gasteiger partial charge in [-0.3, -0.25) is 0 Å². The van der Waals surface area contributed by atoms with Crippen LogP contribution in [0.1, 0.15) is 11.3 Å². The van der Waals surface area contributed by atoms with Crippen LogP contribution < -0.4 is 0 Å². The number of rotatable bonds is 0. The number of hydrogen-bond acceptors (Lipinski definition) is 2. The number of fused-ring (bicyclic) bond motifs is 1. The van der Waals surface area contributed by atoms with E-state index in [9.17, 15) is 0 Å². The molecule has 2 rings (SSSR count). The molecule has 0 unspecified atom stereocenters. The van der Waals surface area contributed by atoms with E-state index >= 15 is 0 Å². The van der Waals surface area contributed by atoms with Gasteiger partial charge in [0.05, 0.1) is 12.1 Å². The van der Waals surface area contributed by atoms with E-state index in [1.165, 1.54) is 0 Å². The van der Waals surface area contributed by atoms with Gasteiger partial charge in [0.25, 0.3) is 0 Å². The molecule has 1 aromatic heterocycles. The van der Waals surface area contributed by atoms with Crippen LogP contribution in [0.25, 0.3) is 6.08 Å². The molecule has 62 valence electrons. The molecule has 1 aromatic rings. The van der Waals surface area contributed by atoms with Crippen LogP contribution >= 0.6 is 0 Å². The standard InChI is InChI=1S/C10H7N3/c11-6-10(7-12)3-1-9-8(5-10)2-4-13-9/h1-4,13H,5H2. The first-order valence-corrected chi connectivity index (χ1v) is 3.98. The SMILES string of the molecule is N#CC1(C#N)C=Cc2[nH]ccc2C1. The van der Waals surface area contributed by atoms with Crippen LogP contribution in [0.4, 0.5) is 0 Å². The van der Waals surface area contributed by atoms with Gasteiger partial charge < -0.3 is 4.98 Å². The predicted octanol–water partition coefficient (Wildman–Crippen LogP) is 1.62. The lowest BCUT2D eigenvalue weighted by atomic mass is 9.81. The van der Waals surface area contributed by atoms with Gasteiger partial charge in [-0.25, -0.2) is 0 Å². The van der Waals surface area contributed by atoms with Crippen molar-refractivity contribution in [3.8, 4) is 12.1 Å². The molecule has 1 aliphatic rings. The van der Waals surface area contributed by atoms with Gasteiger partial charge in [-0.2, -0.15) is 10.5 Å². The minimum absolute atomic E-state index is 0.481. The molecule has 0 amide bonds. The summed E-state index contributed by atoms with van der Waals surface area (Å²) in [7, 11) is 0. The number of allylic oxidation sites excluding steroid dienone is 1. The van der Waals surface area contributed by atoms with Gasteiger partial charge in [-0.1, -0.05) is 0 Å². The van der Waals surface area contributed by atoms with Gasteiger partial charge in [0.15, 0.2) is 5.41 Å². The lowest BCUT2D eigenvalue weighted by molar-refractivity contribution is 0.652. The van der Waals surface area contributed by atoms with Crippen LogP contribution in [0.2, 0.25) is 0 Å². The summed E-state index contributed by atoms with van der Waals surface area (Å²) in [5.41, 5.74) is 1.07. The number of aromatic amines is 1. The number of nitriles is 2. The van der Waals surface area contributed by atoms with Gasteiger partial charge in [0.2, 0.25) is 0 Å². The normalized spacial score (nSPS) is 17.1. The summed E-state index contributed by atoms with van der Waals surface area (Å²) < 4.78 is 0. The van der Waals surface area contributed by atoms with Crippen molar-refractivity contribution in [2.45, 2.75) is 6.42 Å². The molecule has 1 aliphatic carbocycles. The maximum absolute atomic E-state index is 8.87. The van der Waals surface area contributed by atoms with Crippen molar-refractivity contribution in [2.75, 3.05) is 0 Å². The van der Waals surface area contributed by atoms with Crippen LogP contribution in [0, 0.1) is 28.1 Å². The maximum atomic E-state index is 8.87.